The largest absolute Gasteiger partial charge is 0.414 e. The summed E-state index contributed by atoms with van der Waals surface area (Å²) in [4.78, 5) is 12.9. The first-order valence-electron chi connectivity index (χ1n) is 1.94. The van der Waals surface area contributed by atoms with Gasteiger partial charge in [0.15, 0.2) is 6.61 Å². The molecule has 0 aromatic carbocycles. The Hall–Kier alpha value is -0.780. The van der Waals surface area contributed by atoms with Crippen LogP contribution in [0.3, 0.4) is 0 Å². The van der Waals surface area contributed by atoms with E-state index in [4.69, 9.17) is 0 Å². The van der Waals surface area contributed by atoms with E-state index in [1.54, 1.807) is 0 Å². The van der Waals surface area contributed by atoms with Crippen molar-refractivity contribution in [3.63, 3.8) is 0 Å². The molecule has 0 atom stereocenters. The van der Waals surface area contributed by atoms with Gasteiger partial charge >= 0.3 is 6.18 Å². The van der Waals surface area contributed by atoms with Gasteiger partial charge in [-0.2, -0.15) is 13.2 Å². The topological polar surface area (TPSA) is 38.3 Å². The van der Waals surface area contributed by atoms with Crippen LogP contribution in [-0.2, 0) is 9.63 Å². The highest BCUT2D eigenvalue weighted by atomic mass is 19.4. The van der Waals surface area contributed by atoms with Crippen LogP contribution >= 0.6 is 0 Å². The van der Waals surface area contributed by atoms with Crippen LogP contribution < -0.4 is 5.48 Å². The molecule has 0 fully saturated rings. The van der Waals surface area contributed by atoms with Crippen LogP contribution in [0.15, 0.2) is 0 Å². The Morgan fingerprint density at radius 1 is 1.56 bits per heavy atom. The number of carbonyl (C=O) groups excluding carboxylic acids is 1. The summed E-state index contributed by atoms with van der Waals surface area (Å²) in [6, 6.07) is 0. The molecule has 0 saturated carbocycles. The average Bonchev–Trinajstić information content (AvgIpc) is 1.63. The zero-order valence-electron chi connectivity index (χ0n) is 4.23. The van der Waals surface area contributed by atoms with Crippen molar-refractivity contribution in [2.75, 3.05) is 6.61 Å². The van der Waals surface area contributed by atoms with E-state index in [9.17, 15) is 18.0 Å². The predicted octanol–water partition coefficient (Wildman–Crippen LogP) is 0.226. The van der Waals surface area contributed by atoms with Gasteiger partial charge in [0.25, 0.3) is 0 Å². The third-order valence-electron chi connectivity index (χ3n) is 0.367. The van der Waals surface area contributed by atoms with E-state index in [1.807, 2.05) is 0 Å². The fraction of sp³-hybridized carbons (Fsp3) is 0.667. The maximum atomic E-state index is 11.1. The Morgan fingerprint density at radius 3 is 2.44 bits per heavy atom. The highest BCUT2D eigenvalue weighted by Crippen LogP contribution is 2.13. The third kappa shape index (κ3) is 7.22. The molecule has 0 aliphatic carbocycles. The third-order valence-corrected chi connectivity index (χ3v) is 0.367. The number of alkyl halides is 3. The summed E-state index contributed by atoms with van der Waals surface area (Å²) in [6.45, 7) is -1.47. The lowest BCUT2D eigenvalue weighted by atomic mass is 10.7. The number of carbonyl (C=O) groups is 1. The van der Waals surface area contributed by atoms with Gasteiger partial charge in [0.1, 0.15) is 0 Å². The SMILES string of the molecule is O=CNOCC(F)(F)F. The van der Waals surface area contributed by atoms with Gasteiger partial charge in [-0.1, -0.05) is 0 Å². The predicted molar refractivity (Wildman–Crippen MR) is 21.2 cm³/mol. The molecule has 0 aromatic rings. The summed E-state index contributed by atoms with van der Waals surface area (Å²) in [7, 11) is 0. The van der Waals surface area contributed by atoms with Crippen molar-refractivity contribution < 1.29 is 22.8 Å². The number of nitrogens with one attached hydrogen (secondary N) is 1. The van der Waals surface area contributed by atoms with Gasteiger partial charge in [-0.25, -0.2) is 5.48 Å². The number of hydrogen-bond acceptors (Lipinski definition) is 2. The van der Waals surface area contributed by atoms with Crippen molar-refractivity contribution in [1.82, 2.24) is 5.48 Å². The fourth-order valence-electron chi connectivity index (χ4n) is 0.158. The van der Waals surface area contributed by atoms with Crippen LogP contribution in [-0.4, -0.2) is 19.2 Å². The molecule has 0 aliphatic heterocycles. The Balaban J connectivity index is 3.17. The zero-order valence-corrected chi connectivity index (χ0v) is 4.23. The van der Waals surface area contributed by atoms with Gasteiger partial charge in [0.2, 0.25) is 6.41 Å². The van der Waals surface area contributed by atoms with E-state index >= 15 is 0 Å². The van der Waals surface area contributed by atoms with Crippen molar-refractivity contribution in [3.8, 4) is 0 Å². The zero-order chi connectivity index (χ0) is 7.33. The van der Waals surface area contributed by atoms with Crippen molar-refractivity contribution >= 4 is 6.41 Å². The van der Waals surface area contributed by atoms with Crippen LogP contribution in [0.25, 0.3) is 0 Å². The summed E-state index contributed by atoms with van der Waals surface area (Å²) < 4.78 is 33.3. The molecule has 1 N–H and O–H groups in total. The van der Waals surface area contributed by atoms with E-state index < -0.39 is 12.8 Å². The molecule has 0 bridgehead atoms. The van der Waals surface area contributed by atoms with E-state index in [0.29, 0.717) is 0 Å². The van der Waals surface area contributed by atoms with Gasteiger partial charge in [-0.15, -0.1) is 0 Å². The van der Waals surface area contributed by atoms with Gasteiger partial charge in [-0.3, -0.25) is 9.63 Å². The number of hydrogen-bond donors (Lipinski definition) is 1. The molecule has 0 rings (SSSR count). The molecule has 0 saturated heterocycles. The molecular formula is C3H4F3NO2. The fourth-order valence-corrected chi connectivity index (χ4v) is 0.158. The van der Waals surface area contributed by atoms with Gasteiger partial charge in [0, 0.05) is 0 Å². The smallest absolute Gasteiger partial charge is 0.277 e. The lowest BCUT2D eigenvalue weighted by Gasteiger charge is -2.03. The number of hydroxylamine groups is 1. The maximum absolute atomic E-state index is 11.1. The first kappa shape index (κ1) is 8.22. The molecule has 1 amide bonds. The molecule has 0 spiro atoms. The van der Waals surface area contributed by atoms with E-state index in [2.05, 4.69) is 4.84 Å². The van der Waals surface area contributed by atoms with Crippen LogP contribution in [0.1, 0.15) is 0 Å². The standard InChI is InChI=1S/C3H4F3NO2/c4-3(5,6)1-9-7-2-8/h2H,1H2,(H,7,8). The van der Waals surface area contributed by atoms with E-state index in [1.165, 1.54) is 5.48 Å². The molecular weight excluding hydrogens is 139 g/mol. The molecule has 0 heterocycles. The lowest BCUT2D eigenvalue weighted by molar-refractivity contribution is -0.188. The molecule has 0 aromatic heterocycles. The second-order valence-electron chi connectivity index (χ2n) is 1.14. The van der Waals surface area contributed by atoms with Gasteiger partial charge in [0.05, 0.1) is 0 Å². The molecule has 6 heteroatoms. The monoisotopic (exact) mass is 143 g/mol. The Labute approximate surface area is 48.7 Å². The van der Waals surface area contributed by atoms with Crippen molar-refractivity contribution in [2.45, 2.75) is 6.18 Å². The van der Waals surface area contributed by atoms with Crippen LogP contribution in [0.5, 0.6) is 0 Å². The molecule has 0 aliphatic rings. The van der Waals surface area contributed by atoms with Gasteiger partial charge in [-0.05, 0) is 0 Å². The maximum Gasteiger partial charge on any atom is 0.414 e. The van der Waals surface area contributed by atoms with Crippen molar-refractivity contribution in [3.05, 3.63) is 0 Å². The number of rotatable bonds is 3. The van der Waals surface area contributed by atoms with Crippen LogP contribution in [0.2, 0.25) is 0 Å². The quantitative estimate of drug-likeness (QED) is 0.349. The van der Waals surface area contributed by atoms with Crippen LogP contribution in [0.4, 0.5) is 13.2 Å². The van der Waals surface area contributed by atoms with Crippen molar-refractivity contribution in [2.24, 2.45) is 0 Å². The Morgan fingerprint density at radius 2 is 2.11 bits per heavy atom. The molecule has 0 unspecified atom stereocenters. The molecule has 9 heavy (non-hydrogen) atoms. The molecule has 54 valence electrons. The molecule has 3 nitrogen and oxygen atoms in total. The number of amides is 1. The van der Waals surface area contributed by atoms with Gasteiger partial charge < -0.3 is 0 Å². The second-order valence-corrected chi connectivity index (χ2v) is 1.14. The Kier molecular flexibility index (Phi) is 3.00. The first-order valence-corrected chi connectivity index (χ1v) is 1.94. The van der Waals surface area contributed by atoms with Crippen LogP contribution in [0, 0.1) is 0 Å². The Bertz CT molecular complexity index is 91.5. The highest BCUT2D eigenvalue weighted by molar-refractivity contribution is 5.43. The summed E-state index contributed by atoms with van der Waals surface area (Å²) >= 11 is 0. The van der Waals surface area contributed by atoms with E-state index in [-0.39, 0.29) is 6.41 Å². The minimum absolute atomic E-state index is 0.0196. The minimum atomic E-state index is -4.39. The van der Waals surface area contributed by atoms with Crippen molar-refractivity contribution in [1.29, 1.82) is 0 Å². The average molecular weight is 143 g/mol. The summed E-state index contributed by atoms with van der Waals surface area (Å²) in [5.41, 5.74) is 1.40. The summed E-state index contributed by atoms with van der Waals surface area (Å²) in [6.07, 6.45) is -4.37. The summed E-state index contributed by atoms with van der Waals surface area (Å²) in [5, 5.41) is 0. The highest BCUT2D eigenvalue weighted by Gasteiger charge is 2.27. The second kappa shape index (κ2) is 3.29. The number of halogens is 3. The van der Waals surface area contributed by atoms with E-state index in [0.717, 1.165) is 0 Å². The normalized spacial score (nSPS) is 11.0. The molecule has 0 radical (unpaired) electrons. The summed E-state index contributed by atoms with van der Waals surface area (Å²) in [5.74, 6) is 0. The lowest BCUT2D eigenvalue weighted by Crippen LogP contribution is -2.23. The first-order chi connectivity index (χ1) is 4.06. The minimum Gasteiger partial charge on any atom is -0.277 e.